The monoisotopic (exact) mass is 254 g/mol. The van der Waals surface area contributed by atoms with E-state index >= 15 is 0 Å². The Labute approximate surface area is 116 Å². The molecule has 0 heterocycles. The zero-order chi connectivity index (χ0) is 13.3. The Hall–Kier alpha value is -1.60. The second kappa shape index (κ2) is 7.75. The van der Waals surface area contributed by atoms with Gasteiger partial charge < -0.3 is 4.74 Å². The van der Waals surface area contributed by atoms with E-state index in [4.69, 9.17) is 4.74 Å². The van der Waals surface area contributed by atoms with Crippen molar-refractivity contribution < 1.29 is 4.74 Å². The molecule has 2 aromatic carbocycles. The molecule has 0 spiro atoms. The Balaban J connectivity index is 1.64. The molecular formula is C18H22O. The lowest BCUT2D eigenvalue weighted by Gasteiger charge is -2.13. The molecule has 0 saturated heterocycles. The van der Waals surface area contributed by atoms with Crippen molar-refractivity contribution in [3.05, 3.63) is 71.8 Å². The van der Waals surface area contributed by atoms with Crippen LogP contribution < -0.4 is 0 Å². The Kier molecular flexibility index (Phi) is 5.64. The van der Waals surface area contributed by atoms with Crippen molar-refractivity contribution in [2.45, 2.75) is 32.3 Å². The molecule has 1 unspecified atom stereocenters. The molecule has 0 aliphatic carbocycles. The summed E-state index contributed by atoms with van der Waals surface area (Å²) in [4.78, 5) is 0. The van der Waals surface area contributed by atoms with E-state index in [9.17, 15) is 0 Å². The summed E-state index contributed by atoms with van der Waals surface area (Å²) in [5.41, 5.74) is 2.73. The highest BCUT2D eigenvalue weighted by Crippen LogP contribution is 2.08. The van der Waals surface area contributed by atoms with Crippen LogP contribution in [0.25, 0.3) is 0 Å². The van der Waals surface area contributed by atoms with Gasteiger partial charge in [0.2, 0.25) is 0 Å². The molecule has 1 nitrogen and oxygen atoms in total. The van der Waals surface area contributed by atoms with E-state index in [1.165, 1.54) is 11.1 Å². The molecule has 0 fully saturated rings. The Bertz CT molecular complexity index is 450. The predicted octanol–water partition coefficient (Wildman–Crippen LogP) is 4.27. The summed E-state index contributed by atoms with van der Waals surface area (Å²) in [5, 5.41) is 0. The Morgan fingerprint density at radius 2 is 1.32 bits per heavy atom. The van der Waals surface area contributed by atoms with E-state index < -0.39 is 0 Å². The highest BCUT2D eigenvalue weighted by Gasteiger charge is 2.03. The second-order valence-electron chi connectivity index (χ2n) is 4.94. The van der Waals surface area contributed by atoms with E-state index in [1.807, 2.05) is 6.07 Å². The van der Waals surface area contributed by atoms with E-state index in [0.717, 1.165) is 25.9 Å². The fraction of sp³-hybridized carbons (Fsp3) is 0.333. The summed E-state index contributed by atoms with van der Waals surface area (Å²) in [6.45, 7) is 2.97. The van der Waals surface area contributed by atoms with Crippen molar-refractivity contribution in [1.29, 1.82) is 0 Å². The van der Waals surface area contributed by atoms with Crippen LogP contribution in [0.2, 0.25) is 0 Å². The minimum absolute atomic E-state index is 0.323. The van der Waals surface area contributed by atoms with Crippen LogP contribution in [0.4, 0.5) is 0 Å². The molecule has 0 radical (unpaired) electrons. The van der Waals surface area contributed by atoms with Crippen molar-refractivity contribution in [2.24, 2.45) is 0 Å². The smallest absolute Gasteiger partial charge is 0.0550 e. The zero-order valence-corrected chi connectivity index (χ0v) is 11.6. The molecule has 19 heavy (non-hydrogen) atoms. The van der Waals surface area contributed by atoms with Gasteiger partial charge in [-0.3, -0.25) is 0 Å². The molecule has 0 bridgehead atoms. The van der Waals surface area contributed by atoms with Crippen LogP contribution in [0.1, 0.15) is 24.5 Å². The topological polar surface area (TPSA) is 9.23 Å². The number of rotatable bonds is 7. The molecule has 1 atom stereocenters. The van der Waals surface area contributed by atoms with Gasteiger partial charge >= 0.3 is 0 Å². The maximum Gasteiger partial charge on any atom is 0.0550 e. The molecule has 0 N–H and O–H groups in total. The lowest BCUT2D eigenvalue weighted by atomic mass is 10.1. The Morgan fingerprint density at radius 1 is 0.789 bits per heavy atom. The number of hydrogen-bond donors (Lipinski definition) is 0. The fourth-order valence-electron chi connectivity index (χ4n) is 2.12. The van der Waals surface area contributed by atoms with Gasteiger partial charge in [-0.1, -0.05) is 60.7 Å². The van der Waals surface area contributed by atoms with Gasteiger partial charge in [-0.15, -0.1) is 0 Å². The average Bonchev–Trinajstić information content (AvgIpc) is 2.47. The van der Waals surface area contributed by atoms with Crippen molar-refractivity contribution in [2.75, 3.05) is 6.61 Å². The van der Waals surface area contributed by atoms with Gasteiger partial charge in [-0.05, 0) is 37.3 Å². The van der Waals surface area contributed by atoms with Crippen LogP contribution in [0, 0.1) is 0 Å². The lowest BCUT2D eigenvalue weighted by molar-refractivity contribution is 0.0628. The van der Waals surface area contributed by atoms with Crippen molar-refractivity contribution in [1.82, 2.24) is 0 Å². The van der Waals surface area contributed by atoms with Crippen molar-refractivity contribution in [3.8, 4) is 0 Å². The summed E-state index contributed by atoms with van der Waals surface area (Å²) < 4.78 is 5.87. The minimum atomic E-state index is 0.323. The van der Waals surface area contributed by atoms with Crippen molar-refractivity contribution >= 4 is 0 Å². The molecule has 0 aliphatic heterocycles. The summed E-state index contributed by atoms with van der Waals surface area (Å²) >= 11 is 0. The molecule has 0 aromatic heterocycles. The van der Waals surface area contributed by atoms with Gasteiger partial charge in [-0.2, -0.15) is 0 Å². The first-order valence-corrected chi connectivity index (χ1v) is 7.04. The lowest BCUT2D eigenvalue weighted by Crippen LogP contribution is -2.11. The van der Waals surface area contributed by atoms with Gasteiger partial charge in [0.05, 0.1) is 12.7 Å². The highest BCUT2D eigenvalue weighted by molar-refractivity contribution is 5.15. The predicted molar refractivity (Wildman–Crippen MR) is 80.3 cm³/mol. The number of aryl methyl sites for hydroxylation is 1. The summed E-state index contributed by atoms with van der Waals surface area (Å²) in [7, 11) is 0. The average molecular weight is 254 g/mol. The maximum absolute atomic E-state index is 5.87. The molecule has 2 rings (SSSR count). The molecule has 1 heteroatoms. The molecule has 0 aliphatic rings. The molecule has 100 valence electrons. The van der Waals surface area contributed by atoms with Crippen LogP contribution in [0.15, 0.2) is 60.7 Å². The van der Waals surface area contributed by atoms with Crippen LogP contribution in [0.5, 0.6) is 0 Å². The Morgan fingerprint density at radius 3 is 1.89 bits per heavy atom. The van der Waals surface area contributed by atoms with Crippen LogP contribution in [-0.4, -0.2) is 12.7 Å². The van der Waals surface area contributed by atoms with E-state index in [1.54, 1.807) is 0 Å². The third-order valence-corrected chi connectivity index (χ3v) is 3.32. The zero-order valence-electron chi connectivity index (χ0n) is 11.6. The summed E-state index contributed by atoms with van der Waals surface area (Å²) in [5.74, 6) is 0. The van der Waals surface area contributed by atoms with Crippen molar-refractivity contribution in [3.63, 3.8) is 0 Å². The first kappa shape index (κ1) is 13.8. The van der Waals surface area contributed by atoms with Crippen LogP contribution in [0.3, 0.4) is 0 Å². The number of hydrogen-bond acceptors (Lipinski definition) is 1. The molecule has 0 amide bonds. The quantitative estimate of drug-likeness (QED) is 0.717. The van der Waals surface area contributed by atoms with Gasteiger partial charge in [0, 0.05) is 0 Å². The van der Waals surface area contributed by atoms with Gasteiger partial charge in [0.25, 0.3) is 0 Å². The molecular weight excluding hydrogens is 232 g/mol. The maximum atomic E-state index is 5.87. The fourth-order valence-corrected chi connectivity index (χ4v) is 2.12. The van der Waals surface area contributed by atoms with Gasteiger partial charge in [0.15, 0.2) is 0 Å². The first-order chi connectivity index (χ1) is 9.34. The minimum Gasteiger partial charge on any atom is -0.378 e. The number of benzene rings is 2. The second-order valence-corrected chi connectivity index (χ2v) is 4.94. The van der Waals surface area contributed by atoms with Gasteiger partial charge in [-0.25, -0.2) is 0 Å². The summed E-state index contributed by atoms with van der Waals surface area (Å²) in [6.07, 6.45) is 3.49. The van der Waals surface area contributed by atoms with Crippen LogP contribution in [-0.2, 0) is 17.6 Å². The van der Waals surface area contributed by atoms with Crippen LogP contribution >= 0.6 is 0 Å². The molecule has 2 aromatic rings. The highest BCUT2D eigenvalue weighted by atomic mass is 16.5. The van der Waals surface area contributed by atoms with E-state index in [0.29, 0.717) is 6.10 Å². The van der Waals surface area contributed by atoms with Gasteiger partial charge in [0.1, 0.15) is 0 Å². The van der Waals surface area contributed by atoms with E-state index in [2.05, 4.69) is 61.5 Å². The summed E-state index contributed by atoms with van der Waals surface area (Å²) in [6, 6.07) is 21.1. The third kappa shape index (κ3) is 5.27. The first-order valence-electron chi connectivity index (χ1n) is 7.04. The third-order valence-electron chi connectivity index (χ3n) is 3.32. The normalized spacial score (nSPS) is 12.3. The largest absolute Gasteiger partial charge is 0.378 e. The number of ether oxygens (including phenoxy) is 1. The van der Waals surface area contributed by atoms with E-state index in [-0.39, 0.29) is 0 Å². The standard InChI is InChI=1S/C18H22O/c1-16(12-13-17-8-4-2-5-9-17)19-15-14-18-10-6-3-7-11-18/h2-11,16H,12-15H2,1H3. The SMILES string of the molecule is CC(CCc1ccccc1)OCCc1ccccc1. The molecule has 0 saturated carbocycles.